The van der Waals surface area contributed by atoms with E-state index in [1.807, 2.05) is 48.5 Å². The van der Waals surface area contributed by atoms with E-state index in [4.69, 9.17) is 0 Å². The number of carbonyl (C=O) groups is 1. The molecule has 1 aliphatic rings. The number of amides is 1. The maximum absolute atomic E-state index is 13.2. The highest BCUT2D eigenvalue weighted by Crippen LogP contribution is 2.37. The summed E-state index contributed by atoms with van der Waals surface area (Å²) in [4.78, 5) is 25.5. The van der Waals surface area contributed by atoms with Gasteiger partial charge < -0.3 is 5.32 Å². The van der Waals surface area contributed by atoms with E-state index in [0.29, 0.717) is 16.8 Å². The summed E-state index contributed by atoms with van der Waals surface area (Å²) in [5.74, 6) is -0.151. The van der Waals surface area contributed by atoms with Crippen molar-refractivity contribution in [3.63, 3.8) is 0 Å². The molecule has 1 aliphatic heterocycles. The van der Waals surface area contributed by atoms with Crippen LogP contribution in [0.1, 0.15) is 22.1 Å². The van der Waals surface area contributed by atoms with Crippen LogP contribution >= 0.6 is 0 Å². The molecule has 3 aromatic rings. The number of nitro groups is 1. The summed E-state index contributed by atoms with van der Waals surface area (Å²) in [6.07, 6.45) is -0.542. The molecule has 1 amide bonds. The number of nitrogens with one attached hydrogen (secondary N) is 1. The van der Waals surface area contributed by atoms with E-state index in [0.717, 1.165) is 5.69 Å². The highest BCUT2D eigenvalue weighted by Gasteiger charge is 2.34. The Kier molecular flexibility index (Phi) is 3.85. The molecule has 0 aromatic heterocycles. The monoisotopic (exact) mass is 345 g/mol. The fourth-order valence-corrected chi connectivity index (χ4v) is 3.15. The smallest absolute Gasteiger partial charge is 0.269 e. The second-order valence-electron chi connectivity index (χ2n) is 5.96. The number of benzene rings is 3. The third-order valence-electron chi connectivity index (χ3n) is 4.36. The maximum Gasteiger partial charge on any atom is 0.269 e. The van der Waals surface area contributed by atoms with Gasteiger partial charge in [0.25, 0.3) is 11.6 Å². The van der Waals surface area contributed by atoms with Crippen molar-refractivity contribution < 1.29 is 9.72 Å². The highest BCUT2D eigenvalue weighted by molar-refractivity contribution is 6.12. The number of hydrogen-bond acceptors (Lipinski definition) is 4. The summed E-state index contributed by atoms with van der Waals surface area (Å²) in [6, 6.07) is 22.9. The fraction of sp³-hybridized carbons (Fsp3) is 0.0500. The second-order valence-corrected chi connectivity index (χ2v) is 5.96. The summed E-state index contributed by atoms with van der Waals surface area (Å²) >= 11 is 0. The summed E-state index contributed by atoms with van der Waals surface area (Å²) in [5.41, 5.74) is 2.63. The normalized spacial score (nSPS) is 15.9. The molecule has 128 valence electrons. The average molecular weight is 345 g/mol. The molecule has 0 spiro atoms. The van der Waals surface area contributed by atoms with E-state index in [-0.39, 0.29) is 11.6 Å². The van der Waals surface area contributed by atoms with Crippen LogP contribution in [0.2, 0.25) is 0 Å². The molecule has 0 saturated heterocycles. The third kappa shape index (κ3) is 2.67. The highest BCUT2D eigenvalue weighted by atomic mass is 16.6. The van der Waals surface area contributed by atoms with Gasteiger partial charge in [0, 0.05) is 29.1 Å². The van der Waals surface area contributed by atoms with Crippen LogP contribution in [0.5, 0.6) is 0 Å². The largest absolute Gasteiger partial charge is 0.360 e. The first-order valence-electron chi connectivity index (χ1n) is 8.14. The number of non-ortho nitro benzene ring substituents is 1. The van der Waals surface area contributed by atoms with Gasteiger partial charge in [-0.1, -0.05) is 42.5 Å². The van der Waals surface area contributed by atoms with Crippen molar-refractivity contribution in [1.29, 1.82) is 0 Å². The lowest BCUT2D eigenvalue weighted by Crippen LogP contribution is -2.43. The van der Waals surface area contributed by atoms with Gasteiger partial charge in [-0.15, -0.1) is 0 Å². The SMILES string of the molecule is O=C1c2ccccc2N[C@@H](c2cccc([N+](=O)[O-])c2)N1c1ccccc1. The van der Waals surface area contributed by atoms with E-state index in [1.165, 1.54) is 12.1 Å². The van der Waals surface area contributed by atoms with Gasteiger partial charge in [-0.05, 0) is 24.3 Å². The molecule has 0 radical (unpaired) electrons. The number of anilines is 2. The zero-order valence-electron chi connectivity index (χ0n) is 13.7. The Morgan fingerprint density at radius 1 is 0.923 bits per heavy atom. The Labute approximate surface area is 149 Å². The minimum absolute atomic E-state index is 0.0105. The van der Waals surface area contributed by atoms with Crippen molar-refractivity contribution in [3.8, 4) is 0 Å². The van der Waals surface area contributed by atoms with Crippen molar-refractivity contribution in [3.05, 3.63) is 100 Å². The van der Waals surface area contributed by atoms with Gasteiger partial charge in [0.05, 0.1) is 10.5 Å². The van der Waals surface area contributed by atoms with Crippen LogP contribution in [0.15, 0.2) is 78.9 Å². The molecule has 1 atom stereocenters. The number of rotatable bonds is 3. The van der Waals surface area contributed by atoms with E-state index < -0.39 is 11.1 Å². The number of hydrogen-bond donors (Lipinski definition) is 1. The first-order valence-corrected chi connectivity index (χ1v) is 8.14. The maximum atomic E-state index is 13.2. The first kappa shape index (κ1) is 15.8. The van der Waals surface area contributed by atoms with Crippen LogP contribution in [0.3, 0.4) is 0 Å². The molecular weight excluding hydrogens is 330 g/mol. The molecule has 6 nitrogen and oxygen atoms in total. The third-order valence-corrected chi connectivity index (χ3v) is 4.36. The van der Waals surface area contributed by atoms with Gasteiger partial charge in [-0.25, -0.2) is 0 Å². The van der Waals surface area contributed by atoms with E-state index in [1.54, 1.807) is 23.1 Å². The van der Waals surface area contributed by atoms with Gasteiger partial charge in [-0.3, -0.25) is 19.8 Å². The van der Waals surface area contributed by atoms with E-state index >= 15 is 0 Å². The number of nitro benzene ring substituents is 1. The van der Waals surface area contributed by atoms with Crippen LogP contribution in [-0.2, 0) is 0 Å². The minimum atomic E-state index is -0.542. The van der Waals surface area contributed by atoms with Crippen molar-refractivity contribution >= 4 is 23.0 Å². The zero-order chi connectivity index (χ0) is 18.1. The summed E-state index contributed by atoms with van der Waals surface area (Å²) in [6.45, 7) is 0. The molecule has 1 N–H and O–H groups in total. The Morgan fingerprint density at radius 2 is 1.65 bits per heavy atom. The Balaban J connectivity index is 1.86. The number of carbonyl (C=O) groups excluding carboxylic acids is 1. The predicted molar refractivity (Wildman–Crippen MR) is 99.2 cm³/mol. The van der Waals surface area contributed by atoms with Gasteiger partial charge in [-0.2, -0.15) is 0 Å². The van der Waals surface area contributed by atoms with Crippen LogP contribution < -0.4 is 10.2 Å². The van der Waals surface area contributed by atoms with Crippen LogP contribution in [0.4, 0.5) is 17.1 Å². The molecule has 0 saturated carbocycles. The fourth-order valence-electron chi connectivity index (χ4n) is 3.15. The molecule has 0 bridgehead atoms. The zero-order valence-corrected chi connectivity index (χ0v) is 13.7. The summed E-state index contributed by atoms with van der Waals surface area (Å²) < 4.78 is 0. The Hall–Kier alpha value is -3.67. The lowest BCUT2D eigenvalue weighted by atomic mass is 10.0. The van der Waals surface area contributed by atoms with Crippen LogP contribution in [0.25, 0.3) is 0 Å². The molecule has 3 aromatic carbocycles. The Morgan fingerprint density at radius 3 is 2.42 bits per heavy atom. The van der Waals surface area contributed by atoms with Crippen LogP contribution in [0, 0.1) is 10.1 Å². The lowest BCUT2D eigenvalue weighted by Gasteiger charge is -2.38. The van der Waals surface area contributed by atoms with Crippen molar-refractivity contribution in [2.24, 2.45) is 0 Å². The number of nitrogens with zero attached hydrogens (tertiary/aromatic N) is 2. The van der Waals surface area contributed by atoms with Crippen molar-refractivity contribution in [2.75, 3.05) is 10.2 Å². The van der Waals surface area contributed by atoms with Crippen LogP contribution in [-0.4, -0.2) is 10.8 Å². The molecule has 1 heterocycles. The van der Waals surface area contributed by atoms with Gasteiger partial charge in [0.1, 0.15) is 6.17 Å². The summed E-state index contributed by atoms with van der Waals surface area (Å²) in [7, 11) is 0. The molecule has 0 aliphatic carbocycles. The Bertz CT molecular complexity index is 988. The molecule has 0 fully saturated rings. The van der Waals surface area contributed by atoms with Gasteiger partial charge in [0.2, 0.25) is 0 Å². The van der Waals surface area contributed by atoms with E-state index in [2.05, 4.69) is 5.32 Å². The molecular formula is C20H15N3O3. The minimum Gasteiger partial charge on any atom is -0.360 e. The van der Waals surface area contributed by atoms with Crippen molar-refractivity contribution in [2.45, 2.75) is 6.17 Å². The van der Waals surface area contributed by atoms with E-state index in [9.17, 15) is 14.9 Å². The summed E-state index contributed by atoms with van der Waals surface area (Å²) in [5, 5.41) is 14.5. The first-order chi connectivity index (χ1) is 12.6. The topological polar surface area (TPSA) is 75.5 Å². The van der Waals surface area contributed by atoms with Gasteiger partial charge >= 0.3 is 0 Å². The quantitative estimate of drug-likeness (QED) is 0.565. The van der Waals surface area contributed by atoms with Gasteiger partial charge in [0.15, 0.2) is 0 Å². The molecule has 6 heteroatoms. The predicted octanol–water partition coefficient (Wildman–Crippen LogP) is 4.37. The number of fused-ring (bicyclic) bond motifs is 1. The number of para-hydroxylation sites is 2. The molecule has 4 rings (SSSR count). The van der Waals surface area contributed by atoms with Crippen molar-refractivity contribution in [1.82, 2.24) is 0 Å². The standard InChI is InChI=1S/C20H15N3O3/c24-20-17-11-4-5-12-18(17)21-19(22(20)15-8-2-1-3-9-15)14-7-6-10-16(13-14)23(25)26/h1-13,19,21H/t19-/m1/s1. The lowest BCUT2D eigenvalue weighted by molar-refractivity contribution is -0.384. The molecule has 0 unspecified atom stereocenters. The second kappa shape index (κ2) is 6.33. The average Bonchev–Trinajstić information content (AvgIpc) is 2.68. The molecule has 26 heavy (non-hydrogen) atoms.